The summed E-state index contributed by atoms with van der Waals surface area (Å²) in [4.78, 5) is 12.1. The standard InChI is InChI=1S/C18H28N2O2/c1-2-22-16(14-8-6-7-9-14)12-13-20-18(21)17(19)15-10-4-3-5-11-15/h3-5,10-11,14,16-17H,2,6-9,12-13,19H2,1H3,(H,20,21). The van der Waals surface area contributed by atoms with Crippen LogP contribution in [0.25, 0.3) is 0 Å². The number of carbonyl (C=O) groups is 1. The molecule has 0 radical (unpaired) electrons. The average molecular weight is 304 g/mol. The van der Waals surface area contributed by atoms with Crippen LogP contribution in [0.3, 0.4) is 0 Å². The van der Waals surface area contributed by atoms with Crippen molar-refractivity contribution in [3.63, 3.8) is 0 Å². The molecule has 1 aliphatic carbocycles. The summed E-state index contributed by atoms with van der Waals surface area (Å²) < 4.78 is 5.87. The molecule has 1 aliphatic rings. The van der Waals surface area contributed by atoms with Gasteiger partial charge in [0.15, 0.2) is 0 Å². The van der Waals surface area contributed by atoms with Gasteiger partial charge in [-0.1, -0.05) is 43.2 Å². The Morgan fingerprint density at radius 2 is 2.00 bits per heavy atom. The first-order valence-electron chi connectivity index (χ1n) is 8.42. The molecule has 1 aromatic rings. The summed E-state index contributed by atoms with van der Waals surface area (Å²) in [5.41, 5.74) is 6.84. The van der Waals surface area contributed by atoms with Gasteiger partial charge in [0.1, 0.15) is 6.04 Å². The maximum Gasteiger partial charge on any atom is 0.241 e. The summed E-state index contributed by atoms with van der Waals surface area (Å²) in [5.74, 6) is 0.535. The largest absolute Gasteiger partial charge is 0.378 e. The number of hydrogen-bond acceptors (Lipinski definition) is 3. The predicted octanol–water partition coefficient (Wildman–Crippen LogP) is 2.79. The monoisotopic (exact) mass is 304 g/mol. The van der Waals surface area contributed by atoms with Crippen LogP contribution in [-0.4, -0.2) is 25.2 Å². The summed E-state index contributed by atoms with van der Waals surface area (Å²) in [6.45, 7) is 3.39. The van der Waals surface area contributed by atoms with E-state index in [1.807, 2.05) is 37.3 Å². The van der Waals surface area contributed by atoms with E-state index in [0.717, 1.165) is 18.6 Å². The Morgan fingerprint density at radius 3 is 2.64 bits per heavy atom. The molecule has 22 heavy (non-hydrogen) atoms. The lowest BCUT2D eigenvalue weighted by molar-refractivity contribution is -0.122. The minimum absolute atomic E-state index is 0.118. The molecule has 122 valence electrons. The minimum Gasteiger partial charge on any atom is -0.378 e. The van der Waals surface area contributed by atoms with E-state index in [1.54, 1.807) is 0 Å². The van der Waals surface area contributed by atoms with Crippen LogP contribution in [0.15, 0.2) is 30.3 Å². The van der Waals surface area contributed by atoms with Crippen molar-refractivity contribution in [2.24, 2.45) is 11.7 Å². The predicted molar refractivity (Wildman–Crippen MR) is 88.4 cm³/mol. The molecule has 2 rings (SSSR count). The van der Waals surface area contributed by atoms with Gasteiger partial charge in [-0.15, -0.1) is 0 Å². The second-order valence-electron chi connectivity index (χ2n) is 6.01. The van der Waals surface area contributed by atoms with Gasteiger partial charge in [0.25, 0.3) is 0 Å². The fraction of sp³-hybridized carbons (Fsp3) is 0.611. The van der Waals surface area contributed by atoms with Crippen molar-refractivity contribution < 1.29 is 9.53 Å². The number of amides is 1. The molecule has 2 atom stereocenters. The Hall–Kier alpha value is -1.39. The van der Waals surface area contributed by atoms with E-state index in [0.29, 0.717) is 12.5 Å². The first kappa shape index (κ1) is 17.0. The first-order chi connectivity index (χ1) is 10.7. The molecule has 1 saturated carbocycles. The minimum atomic E-state index is -0.599. The topological polar surface area (TPSA) is 64.3 Å². The quantitative estimate of drug-likeness (QED) is 0.776. The summed E-state index contributed by atoms with van der Waals surface area (Å²) in [6, 6.07) is 8.87. The van der Waals surface area contributed by atoms with Gasteiger partial charge in [0, 0.05) is 13.2 Å². The van der Waals surface area contributed by atoms with Crippen LogP contribution >= 0.6 is 0 Å². The number of nitrogens with one attached hydrogen (secondary N) is 1. The maximum atomic E-state index is 12.1. The number of ether oxygens (including phenoxy) is 1. The van der Waals surface area contributed by atoms with Crippen molar-refractivity contribution >= 4 is 5.91 Å². The van der Waals surface area contributed by atoms with Gasteiger partial charge >= 0.3 is 0 Å². The number of benzene rings is 1. The molecule has 0 spiro atoms. The molecular formula is C18H28N2O2. The molecule has 0 aliphatic heterocycles. The van der Waals surface area contributed by atoms with Crippen LogP contribution in [0.5, 0.6) is 0 Å². The molecule has 0 bridgehead atoms. The fourth-order valence-corrected chi connectivity index (χ4v) is 3.26. The van der Waals surface area contributed by atoms with E-state index < -0.39 is 6.04 Å². The lowest BCUT2D eigenvalue weighted by Crippen LogP contribution is -2.36. The van der Waals surface area contributed by atoms with Gasteiger partial charge in [0.2, 0.25) is 5.91 Å². The van der Waals surface area contributed by atoms with Crippen molar-refractivity contribution in [1.29, 1.82) is 0 Å². The highest BCUT2D eigenvalue weighted by molar-refractivity contribution is 5.82. The number of nitrogens with two attached hydrogens (primary N) is 1. The van der Waals surface area contributed by atoms with E-state index in [1.165, 1.54) is 25.7 Å². The Balaban J connectivity index is 1.77. The van der Waals surface area contributed by atoms with Gasteiger partial charge in [0.05, 0.1) is 6.10 Å². The van der Waals surface area contributed by atoms with Crippen molar-refractivity contribution in [2.45, 2.75) is 51.2 Å². The molecule has 0 saturated heterocycles. The van der Waals surface area contributed by atoms with Gasteiger partial charge in [-0.05, 0) is 37.7 Å². The Kier molecular flexibility index (Phi) is 6.87. The molecular weight excluding hydrogens is 276 g/mol. The van der Waals surface area contributed by atoms with E-state index in [4.69, 9.17) is 10.5 Å². The number of rotatable bonds is 8. The average Bonchev–Trinajstić information content (AvgIpc) is 3.08. The summed E-state index contributed by atoms with van der Waals surface area (Å²) >= 11 is 0. The van der Waals surface area contributed by atoms with E-state index >= 15 is 0 Å². The van der Waals surface area contributed by atoms with E-state index in [-0.39, 0.29) is 12.0 Å². The van der Waals surface area contributed by atoms with Crippen molar-refractivity contribution in [2.75, 3.05) is 13.2 Å². The van der Waals surface area contributed by atoms with Crippen LogP contribution in [0.4, 0.5) is 0 Å². The van der Waals surface area contributed by atoms with Crippen LogP contribution in [0.1, 0.15) is 50.6 Å². The van der Waals surface area contributed by atoms with Crippen molar-refractivity contribution in [3.8, 4) is 0 Å². The zero-order chi connectivity index (χ0) is 15.8. The van der Waals surface area contributed by atoms with Crippen LogP contribution in [0, 0.1) is 5.92 Å². The zero-order valence-corrected chi connectivity index (χ0v) is 13.5. The Bertz CT molecular complexity index is 444. The Morgan fingerprint density at radius 1 is 1.32 bits per heavy atom. The molecule has 3 N–H and O–H groups in total. The molecule has 0 aromatic heterocycles. The fourth-order valence-electron chi connectivity index (χ4n) is 3.26. The molecule has 1 fully saturated rings. The van der Waals surface area contributed by atoms with E-state index in [2.05, 4.69) is 5.32 Å². The highest BCUT2D eigenvalue weighted by Gasteiger charge is 2.25. The second-order valence-corrected chi connectivity index (χ2v) is 6.01. The molecule has 1 amide bonds. The maximum absolute atomic E-state index is 12.1. The lowest BCUT2D eigenvalue weighted by Gasteiger charge is -2.23. The molecule has 4 nitrogen and oxygen atoms in total. The number of carbonyl (C=O) groups excluding carboxylic acids is 1. The molecule has 4 heteroatoms. The van der Waals surface area contributed by atoms with Gasteiger partial charge in [-0.25, -0.2) is 0 Å². The summed E-state index contributed by atoms with van der Waals surface area (Å²) in [7, 11) is 0. The van der Waals surface area contributed by atoms with Gasteiger partial charge in [-0.3, -0.25) is 4.79 Å². The van der Waals surface area contributed by atoms with Crippen LogP contribution in [-0.2, 0) is 9.53 Å². The normalized spacial score (nSPS) is 18.1. The third-order valence-electron chi connectivity index (χ3n) is 4.48. The second kappa shape index (κ2) is 8.91. The van der Waals surface area contributed by atoms with Crippen molar-refractivity contribution in [1.82, 2.24) is 5.32 Å². The molecule has 1 aromatic carbocycles. The van der Waals surface area contributed by atoms with Gasteiger partial charge in [-0.2, -0.15) is 0 Å². The summed E-state index contributed by atoms with van der Waals surface area (Å²) in [6.07, 6.45) is 6.25. The SMILES string of the molecule is CCOC(CCNC(=O)C(N)c1ccccc1)C1CCCC1. The molecule has 0 heterocycles. The first-order valence-corrected chi connectivity index (χ1v) is 8.42. The highest BCUT2D eigenvalue weighted by Crippen LogP contribution is 2.30. The smallest absolute Gasteiger partial charge is 0.241 e. The van der Waals surface area contributed by atoms with Crippen LogP contribution in [0.2, 0.25) is 0 Å². The highest BCUT2D eigenvalue weighted by atomic mass is 16.5. The molecule has 2 unspecified atom stereocenters. The van der Waals surface area contributed by atoms with Crippen LogP contribution < -0.4 is 11.1 Å². The third-order valence-corrected chi connectivity index (χ3v) is 4.48. The number of hydrogen-bond donors (Lipinski definition) is 2. The lowest BCUT2D eigenvalue weighted by atomic mass is 9.98. The zero-order valence-electron chi connectivity index (χ0n) is 13.5. The third kappa shape index (κ3) is 4.82. The van der Waals surface area contributed by atoms with Crippen molar-refractivity contribution in [3.05, 3.63) is 35.9 Å². The van der Waals surface area contributed by atoms with E-state index in [9.17, 15) is 4.79 Å². The Labute approximate surface area is 133 Å². The summed E-state index contributed by atoms with van der Waals surface area (Å²) in [5, 5.41) is 2.95. The van der Waals surface area contributed by atoms with Gasteiger partial charge < -0.3 is 15.8 Å².